The predicted molar refractivity (Wildman–Crippen MR) is 133 cm³/mol. The van der Waals surface area contributed by atoms with Gasteiger partial charge >= 0.3 is 6.18 Å². The molecule has 2 aromatic rings. The number of hydrogen-bond acceptors (Lipinski definition) is 5. The third kappa shape index (κ3) is 6.70. The number of ether oxygens (including phenoxy) is 2. The molecule has 0 spiro atoms. The number of methoxy groups -OCH3 is 1. The van der Waals surface area contributed by atoms with Crippen LogP contribution in [0.15, 0.2) is 48.5 Å². The summed E-state index contributed by atoms with van der Waals surface area (Å²) in [5.41, 5.74) is -0.0552. The van der Waals surface area contributed by atoms with Gasteiger partial charge in [0.2, 0.25) is 5.91 Å². The van der Waals surface area contributed by atoms with Crippen LogP contribution in [0.25, 0.3) is 0 Å². The van der Waals surface area contributed by atoms with Crippen LogP contribution < -0.4 is 10.6 Å². The minimum Gasteiger partial charge on any atom is -0.381 e. The van der Waals surface area contributed by atoms with E-state index in [4.69, 9.17) is 9.47 Å². The van der Waals surface area contributed by atoms with Crippen LogP contribution in [0.2, 0.25) is 0 Å². The van der Waals surface area contributed by atoms with E-state index in [1.807, 2.05) is 0 Å². The molecule has 1 heterocycles. The highest BCUT2D eigenvalue weighted by Gasteiger charge is 2.42. The van der Waals surface area contributed by atoms with Crippen molar-refractivity contribution >= 4 is 23.1 Å². The Morgan fingerprint density at radius 3 is 2.49 bits per heavy atom. The summed E-state index contributed by atoms with van der Waals surface area (Å²) >= 11 is 0. The summed E-state index contributed by atoms with van der Waals surface area (Å²) in [6, 6.07) is 12.2. The van der Waals surface area contributed by atoms with Crippen molar-refractivity contribution in [2.75, 3.05) is 25.6 Å². The number of amides is 1. The predicted octanol–water partition coefficient (Wildman–Crippen LogP) is 5.64. The lowest BCUT2D eigenvalue weighted by Crippen LogP contribution is -2.41. The van der Waals surface area contributed by atoms with Crippen LogP contribution in [-0.2, 0) is 31.8 Å². The van der Waals surface area contributed by atoms with Crippen molar-refractivity contribution in [2.45, 2.75) is 57.3 Å². The average molecular weight is 519 g/mol. The van der Waals surface area contributed by atoms with Gasteiger partial charge in [-0.25, -0.2) is 0 Å². The van der Waals surface area contributed by atoms with Gasteiger partial charge < -0.3 is 20.1 Å². The molecular formula is C28H33F3N2O4. The summed E-state index contributed by atoms with van der Waals surface area (Å²) in [7, 11) is 1.66. The zero-order chi connectivity index (χ0) is 26.5. The van der Waals surface area contributed by atoms with Gasteiger partial charge in [0.15, 0.2) is 0 Å². The lowest BCUT2D eigenvalue weighted by molar-refractivity contribution is -0.137. The third-order valence-electron chi connectivity index (χ3n) is 7.47. The summed E-state index contributed by atoms with van der Waals surface area (Å²) in [6.07, 6.45) is -0.386. The molecule has 1 saturated heterocycles. The molecule has 1 atom stereocenters. The van der Waals surface area contributed by atoms with Crippen LogP contribution in [0.5, 0.6) is 0 Å². The number of alkyl halides is 3. The van der Waals surface area contributed by atoms with E-state index in [9.17, 15) is 22.8 Å². The van der Waals surface area contributed by atoms with Gasteiger partial charge in [0.1, 0.15) is 5.78 Å². The van der Waals surface area contributed by atoms with Gasteiger partial charge in [-0.2, -0.15) is 13.2 Å². The average Bonchev–Trinajstić information content (AvgIpc) is 3.32. The summed E-state index contributed by atoms with van der Waals surface area (Å²) < 4.78 is 50.5. The standard InChI is InChI=1S/C28H33F3N2O4/c1-36-22-15-20(16-22)25(34)7-4-12-27(13-14-37-18-27)26(35)32-17-19-8-10-21(11-9-19)33-24-6-3-2-5-23(24)28(29,30)31/h2-3,5-6,8-11,20,22,33H,4,7,12-18H2,1H3,(H,32,35)/t20?,22?,27-/m1/s1. The molecule has 2 fully saturated rings. The quantitative estimate of drug-likeness (QED) is 0.403. The number of carbonyl (C=O) groups is 2. The molecule has 9 heteroatoms. The molecule has 6 nitrogen and oxygen atoms in total. The van der Waals surface area contributed by atoms with Crippen LogP contribution in [0.1, 0.15) is 49.7 Å². The number of halogens is 3. The Hall–Kier alpha value is -2.91. The maximum atomic E-state index is 13.2. The van der Waals surface area contributed by atoms with Crippen LogP contribution in [-0.4, -0.2) is 38.1 Å². The highest BCUT2D eigenvalue weighted by Crippen LogP contribution is 2.37. The monoisotopic (exact) mass is 518 g/mol. The molecule has 200 valence electrons. The fourth-order valence-corrected chi connectivity index (χ4v) is 4.99. The van der Waals surface area contributed by atoms with Gasteiger partial charge in [0.05, 0.1) is 29.4 Å². The molecule has 0 aromatic heterocycles. The molecule has 4 rings (SSSR count). The van der Waals surface area contributed by atoms with E-state index in [2.05, 4.69) is 10.6 Å². The van der Waals surface area contributed by atoms with Crippen LogP contribution in [0.4, 0.5) is 24.5 Å². The van der Waals surface area contributed by atoms with Crippen LogP contribution in [0, 0.1) is 11.3 Å². The molecule has 0 unspecified atom stereocenters. The number of nitrogens with one attached hydrogen (secondary N) is 2. The summed E-state index contributed by atoms with van der Waals surface area (Å²) in [4.78, 5) is 25.5. The van der Waals surface area contributed by atoms with Gasteiger partial charge in [-0.3, -0.25) is 9.59 Å². The topological polar surface area (TPSA) is 76.7 Å². The Morgan fingerprint density at radius 1 is 1.11 bits per heavy atom. The molecule has 1 aliphatic carbocycles. The first kappa shape index (κ1) is 27.1. The highest BCUT2D eigenvalue weighted by molar-refractivity contribution is 5.84. The van der Waals surface area contributed by atoms with Crippen molar-refractivity contribution in [3.63, 3.8) is 0 Å². The van der Waals surface area contributed by atoms with Crippen molar-refractivity contribution in [3.8, 4) is 0 Å². The van der Waals surface area contributed by atoms with Crippen molar-refractivity contribution < 1.29 is 32.2 Å². The normalized spacial score (nSPS) is 23.4. The second-order valence-corrected chi connectivity index (χ2v) is 9.98. The molecule has 2 N–H and O–H groups in total. The SMILES string of the molecule is COC1CC(C(=O)CCC[C@@]2(C(=O)NCc3ccc(Nc4ccccc4C(F)(F)F)cc3)CCOC2)C1. The second-order valence-electron chi connectivity index (χ2n) is 9.98. The fraction of sp³-hybridized carbons (Fsp3) is 0.500. The summed E-state index contributed by atoms with van der Waals surface area (Å²) in [5.74, 6) is 0.227. The molecule has 2 aromatic carbocycles. The Bertz CT molecular complexity index is 1080. The number of para-hydroxylation sites is 1. The lowest BCUT2D eigenvalue weighted by atomic mass is 9.76. The van der Waals surface area contributed by atoms with Crippen molar-refractivity contribution in [1.82, 2.24) is 5.32 Å². The second kappa shape index (κ2) is 11.6. The first-order valence-electron chi connectivity index (χ1n) is 12.6. The molecule has 0 bridgehead atoms. The molecule has 1 saturated carbocycles. The van der Waals surface area contributed by atoms with Crippen molar-refractivity contribution in [1.29, 1.82) is 0 Å². The van der Waals surface area contributed by atoms with E-state index in [0.717, 1.165) is 24.5 Å². The van der Waals surface area contributed by atoms with E-state index in [1.165, 1.54) is 12.1 Å². The largest absolute Gasteiger partial charge is 0.418 e. The van der Waals surface area contributed by atoms with Gasteiger partial charge in [-0.1, -0.05) is 24.3 Å². The van der Waals surface area contributed by atoms with Gasteiger partial charge in [0, 0.05) is 38.3 Å². The van der Waals surface area contributed by atoms with E-state index in [-0.39, 0.29) is 29.4 Å². The zero-order valence-electron chi connectivity index (χ0n) is 20.9. The number of anilines is 2. The number of hydrogen-bond donors (Lipinski definition) is 2. The van der Waals surface area contributed by atoms with Gasteiger partial charge in [-0.05, 0) is 61.9 Å². The number of ketones is 1. The fourth-order valence-electron chi connectivity index (χ4n) is 4.99. The molecule has 2 aliphatic rings. The Balaban J connectivity index is 1.28. The first-order chi connectivity index (χ1) is 17.7. The zero-order valence-corrected chi connectivity index (χ0v) is 20.9. The molecule has 1 aliphatic heterocycles. The van der Waals surface area contributed by atoms with E-state index >= 15 is 0 Å². The minimum atomic E-state index is -4.45. The third-order valence-corrected chi connectivity index (χ3v) is 7.47. The summed E-state index contributed by atoms with van der Waals surface area (Å²) in [6.45, 7) is 1.14. The maximum Gasteiger partial charge on any atom is 0.418 e. The van der Waals surface area contributed by atoms with Crippen LogP contribution in [0.3, 0.4) is 0 Å². The number of Topliss-reactive ketones (excluding diaryl/α,β-unsaturated/α-hetero) is 1. The van der Waals surface area contributed by atoms with Crippen molar-refractivity contribution in [2.24, 2.45) is 11.3 Å². The molecular weight excluding hydrogens is 485 g/mol. The molecule has 0 radical (unpaired) electrons. The van der Waals surface area contributed by atoms with E-state index in [0.29, 0.717) is 51.1 Å². The van der Waals surface area contributed by atoms with Crippen LogP contribution >= 0.6 is 0 Å². The Labute approximate surface area is 214 Å². The molecule has 1 amide bonds. The summed E-state index contributed by atoms with van der Waals surface area (Å²) in [5, 5.41) is 5.80. The smallest absolute Gasteiger partial charge is 0.381 e. The van der Waals surface area contributed by atoms with E-state index in [1.54, 1.807) is 37.4 Å². The molecule has 37 heavy (non-hydrogen) atoms. The van der Waals surface area contributed by atoms with Crippen molar-refractivity contribution in [3.05, 3.63) is 59.7 Å². The van der Waals surface area contributed by atoms with E-state index < -0.39 is 17.2 Å². The maximum absolute atomic E-state index is 13.2. The minimum absolute atomic E-state index is 0.0199. The Morgan fingerprint density at radius 2 is 1.84 bits per heavy atom. The number of carbonyl (C=O) groups excluding carboxylic acids is 2. The highest BCUT2D eigenvalue weighted by atomic mass is 19.4. The lowest BCUT2D eigenvalue weighted by Gasteiger charge is -2.33. The van der Waals surface area contributed by atoms with Gasteiger partial charge in [0.25, 0.3) is 0 Å². The number of benzene rings is 2. The van der Waals surface area contributed by atoms with Gasteiger partial charge in [-0.15, -0.1) is 0 Å². The first-order valence-corrected chi connectivity index (χ1v) is 12.6. The number of rotatable bonds is 11. The Kier molecular flexibility index (Phi) is 8.54.